The van der Waals surface area contributed by atoms with Crippen molar-refractivity contribution in [1.29, 1.82) is 0 Å². The summed E-state index contributed by atoms with van der Waals surface area (Å²) in [5, 5.41) is 10.9. The molecule has 28 heavy (non-hydrogen) atoms. The minimum Gasteiger partial charge on any atom is -0.507 e. The first-order valence-electron chi connectivity index (χ1n) is 8.62. The van der Waals surface area contributed by atoms with Crippen LogP contribution in [0.3, 0.4) is 0 Å². The maximum atomic E-state index is 12.9. The zero-order valence-corrected chi connectivity index (χ0v) is 17.0. The first-order chi connectivity index (χ1) is 13.5. The summed E-state index contributed by atoms with van der Waals surface area (Å²) >= 11 is 3.42. The molecule has 146 valence electrons. The lowest BCUT2D eigenvalue weighted by Crippen LogP contribution is -2.38. The molecule has 2 aromatic rings. The Morgan fingerprint density at radius 1 is 1.11 bits per heavy atom. The van der Waals surface area contributed by atoms with E-state index in [1.54, 1.807) is 30.3 Å². The van der Waals surface area contributed by atoms with E-state index < -0.39 is 24.0 Å². The van der Waals surface area contributed by atoms with E-state index in [0.717, 1.165) is 4.47 Å². The van der Waals surface area contributed by atoms with E-state index in [1.165, 1.54) is 19.1 Å². The molecular formula is C21H20BrNO5. The zero-order chi connectivity index (χ0) is 20.3. The van der Waals surface area contributed by atoms with Crippen molar-refractivity contribution in [3.8, 4) is 0 Å². The maximum Gasteiger partial charge on any atom is 0.295 e. The lowest BCUT2D eigenvalue weighted by Gasteiger charge is -2.28. The molecule has 1 aliphatic heterocycles. The van der Waals surface area contributed by atoms with Crippen LogP contribution in [0, 0.1) is 0 Å². The van der Waals surface area contributed by atoms with Crippen molar-refractivity contribution in [3.63, 3.8) is 0 Å². The average molecular weight is 446 g/mol. The number of rotatable bonds is 6. The number of carbonyl (C=O) groups excluding carboxylic acids is 2. The number of Topliss-reactive ketones (excluding diaryl/α,β-unsaturated/α-hetero) is 1. The minimum atomic E-state index is -0.759. The largest absolute Gasteiger partial charge is 0.507 e. The van der Waals surface area contributed by atoms with Crippen LogP contribution in [0.5, 0.6) is 0 Å². The molecule has 3 rings (SSSR count). The summed E-state index contributed by atoms with van der Waals surface area (Å²) < 4.78 is 11.2. The van der Waals surface area contributed by atoms with Gasteiger partial charge in [-0.1, -0.05) is 58.4 Å². The van der Waals surface area contributed by atoms with E-state index in [4.69, 9.17) is 9.47 Å². The highest BCUT2D eigenvalue weighted by Gasteiger charge is 2.46. The molecule has 1 atom stereocenters. The summed E-state index contributed by atoms with van der Waals surface area (Å²) in [5.74, 6) is -1.66. The Morgan fingerprint density at radius 2 is 1.79 bits per heavy atom. The standard InChI is InChI=1S/C21H20BrNO5/c1-27-16(28-2)12-23-18(14-9-6-10-15(22)11-14)17(20(25)21(23)26)19(24)13-7-4-3-5-8-13/h3-11,16,18,24H,12H2,1-2H3. The molecule has 1 heterocycles. The zero-order valence-electron chi connectivity index (χ0n) is 15.5. The van der Waals surface area contributed by atoms with Crippen LogP contribution < -0.4 is 0 Å². The van der Waals surface area contributed by atoms with E-state index in [9.17, 15) is 14.7 Å². The number of ketones is 1. The Balaban J connectivity index is 2.16. The molecule has 0 bridgehead atoms. The Hall–Kier alpha value is -2.48. The highest BCUT2D eigenvalue weighted by atomic mass is 79.9. The van der Waals surface area contributed by atoms with Crippen LogP contribution in [-0.4, -0.2) is 48.8 Å². The van der Waals surface area contributed by atoms with E-state index in [0.29, 0.717) is 11.1 Å². The monoisotopic (exact) mass is 445 g/mol. The van der Waals surface area contributed by atoms with Crippen molar-refractivity contribution in [2.45, 2.75) is 12.3 Å². The summed E-state index contributed by atoms with van der Waals surface area (Å²) in [6.45, 7) is 0.0420. The second-order valence-corrected chi connectivity index (χ2v) is 7.19. The second kappa shape index (κ2) is 8.68. The third-order valence-electron chi connectivity index (χ3n) is 4.62. The van der Waals surface area contributed by atoms with Gasteiger partial charge >= 0.3 is 0 Å². The van der Waals surface area contributed by atoms with E-state index in [1.807, 2.05) is 24.3 Å². The molecule has 0 radical (unpaired) electrons. The molecule has 0 saturated carbocycles. The second-order valence-electron chi connectivity index (χ2n) is 6.27. The fraction of sp³-hybridized carbons (Fsp3) is 0.238. The minimum absolute atomic E-state index is 0.0419. The van der Waals surface area contributed by atoms with Crippen LogP contribution in [0.25, 0.3) is 5.76 Å². The van der Waals surface area contributed by atoms with Gasteiger partial charge in [0.2, 0.25) is 0 Å². The van der Waals surface area contributed by atoms with Gasteiger partial charge in [0.05, 0.1) is 18.2 Å². The first kappa shape index (κ1) is 20.3. The quantitative estimate of drug-likeness (QED) is 0.318. The average Bonchev–Trinajstić information content (AvgIpc) is 2.96. The Morgan fingerprint density at radius 3 is 2.39 bits per heavy atom. The van der Waals surface area contributed by atoms with Gasteiger partial charge in [0, 0.05) is 24.3 Å². The molecule has 0 aliphatic carbocycles. The third-order valence-corrected chi connectivity index (χ3v) is 5.12. The number of carbonyl (C=O) groups is 2. The summed E-state index contributed by atoms with van der Waals surface area (Å²) in [6.07, 6.45) is -0.704. The Kier molecular flexibility index (Phi) is 6.28. The van der Waals surface area contributed by atoms with Crippen molar-refractivity contribution in [3.05, 3.63) is 75.8 Å². The van der Waals surface area contributed by atoms with Crippen molar-refractivity contribution in [1.82, 2.24) is 4.90 Å². The van der Waals surface area contributed by atoms with Crippen LogP contribution in [0.4, 0.5) is 0 Å². The van der Waals surface area contributed by atoms with Crippen LogP contribution in [0.2, 0.25) is 0 Å². The van der Waals surface area contributed by atoms with Gasteiger partial charge in [-0.05, 0) is 17.7 Å². The molecule has 2 aromatic carbocycles. The SMILES string of the molecule is COC(CN1C(=O)C(=O)C(=C(O)c2ccccc2)C1c1cccc(Br)c1)OC. The van der Waals surface area contributed by atoms with Crippen molar-refractivity contribution in [2.24, 2.45) is 0 Å². The van der Waals surface area contributed by atoms with Gasteiger partial charge in [-0.15, -0.1) is 0 Å². The first-order valence-corrected chi connectivity index (χ1v) is 9.42. The molecule has 1 amide bonds. The van der Waals surface area contributed by atoms with E-state index in [2.05, 4.69) is 15.9 Å². The Labute approximate surface area is 171 Å². The summed E-state index contributed by atoms with van der Waals surface area (Å²) in [4.78, 5) is 27.0. The van der Waals surface area contributed by atoms with Gasteiger partial charge < -0.3 is 19.5 Å². The summed E-state index contributed by atoms with van der Waals surface area (Å²) in [5.41, 5.74) is 1.20. The van der Waals surface area contributed by atoms with Gasteiger partial charge in [-0.3, -0.25) is 9.59 Å². The number of halogens is 1. The van der Waals surface area contributed by atoms with Crippen molar-refractivity contribution in [2.75, 3.05) is 20.8 Å². The molecule has 6 nitrogen and oxygen atoms in total. The molecule has 0 spiro atoms. The predicted octanol–water partition coefficient (Wildman–Crippen LogP) is 3.49. The summed E-state index contributed by atoms with van der Waals surface area (Å²) in [6, 6.07) is 15.2. The number of aliphatic hydroxyl groups is 1. The van der Waals surface area contributed by atoms with E-state index in [-0.39, 0.29) is 17.9 Å². The van der Waals surface area contributed by atoms with Gasteiger partial charge in [0.25, 0.3) is 11.7 Å². The highest BCUT2D eigenvalue weighted by molar-refractivity contribution is 9.10. The molecule has 0 aromatic heterocycles. The fourth-order valence-corrected chi connectivity index (χ4v) is 3.67. The number of aliphatic hydroxyl groups excluding tert-OH is 1. The molecule has 1 aliphatic rings. The topological polar surface area (TPSA) is 76.1 Å². The number of nitrogens with zero attached hydrogens (tertiary/aromatic N) is 1. The highest BCUT2D eigenvalue weighted by Crippen LogP contribution is 2.40. The van der Waals surface area contributed by atoms with Gasteiger partial charge in [-0.25, -0.2) is 0 Å². The number of amides is 1. The molecule has 1 saturated heterocycles. The van der Waals surface area contributed by atoms with Crippen LogP contribution >= 0.6 is 15.9 Å². The molecule has 1 N–H and O–H groups in total. The number of hydrogen-bond acceptors (Lipinski definition) is 5. The molecular weight excluding hydrogens is 426 g/mol. The van der Waals surface area contributed by atoms with Crippen molar-refractivity contribution < 1.29 is 24.2 Å². The van der Waals surface area contributed by atoms with Gasteiger partial charge in [-0.2, -0.15) is 0 Å². The maximum absolute atomic E-state index is 12.9. The number of ether oxygens (including phenoxy) is 2. The fourth-order valence-electron chi connectivity index (χ4n) is 3.25. The number of methoxy groups -OCH3 is 2. The predicted molar refractivity (Wildman–Crippen MR) is 107 cm³/mol. The third kappa shape index (κ3) is 3.87. The van der Waals surface area contributed by atoms with Crippen LogP contribution in [0.1, 0.15) is 17.2 Å². The number of likely N-dealkylation sites (tertiary alicyclic amines) is 1. The van der Waals surface area contributed by atoms with Crippen molar-refractivity contribution >= 4 is 33.4 Å². The lowest BCUT2D eigenvalue weighted by molar-refractivity contribution is -0.149. The smallest absolute Gasteiger partial charge is 0.295 e. The molecule has 1 fully saturated rings. The van der Waals surface area contributed by atoms with Gasteiger partial charge in [0.1, 0.15) is 5.76 Å². The van der Waals surface area contributed by atoms with Gasteiger partial charge in [0.15, 0.2) is 6.29 Å². The number of hydrogen-bond donors (Lipinski definition) is 1. The molecule has 1 unspecified atom stereocenters. The number of benzene rings is 2. The van der Waals surface area contributed by atoms with Crippen LogP contribution in [-0.2, 0) is 19.1 Å². The normalized spacial score (nSPS) is 18.9. The molecule has 7 heteroatoms. The van der Waals surface area contributed by atoms with E-state index >= 15 is 0 Å². The lowest BCUT2D eigenvalue weighted by atomic mass is 9.95. The Bertz CT molecular complexity index is 908. The van der Waals surface area contributed by atoms with Crippen LogP contribution in [0.15, 0.2) is 64.6 Å². The summed E-state index contributed by atoms with van der Waals surface area (Å²) in [7, 11) is 2.92.